The lowest BCUT2D eigenvalue weighted by Gasteiger charge is -2.22. The second-order valence-corrected chi connectivity index (χ2v) is 10.1. The fraction of sp³-hybridized carbons (Fsp3) is 0.419. The van der Waals surface area contributed by atoms with Crippen LogP contribution in [-0.4, -0.2) is 18.2 Å². The van der Waals surface area contributed by atoms with Gasteiger partial charge in [-0.05, 0) is 74.4 Å². The lowest BCUT2D eigenvalue weighted by atomic mass is 9.97. The lowest BCUT2D eigenvalue weighted by molar-refractivity contribution is -0.146. The average Bonchev–Trinajstić information content (AvgIpc) is 3.18. The van der Waals surface area contributed by atoms with Crippen molar-refractivity contribution in [2.24, 2.45) is 5.92 Å². The maximum atomic E-state index is 12.9. The zero-order valence-electron chi connectivity index (χ0n) is 21.8. The highest BCUT2D eigenvalue weighted by Gasteiger charge is 2.37. The van der Waals surface area contributed by atoms with Crippen LogP contribution in [0.4, 0.5) is 0 Å². The number of hydrogen-bond donors (Lipinski definition) is 0. The molecule has 0 spiro atoms. The molecule has 0 amide bonds. The third-order valence-corrected chi connectivity index (χ3v) is 7.16. The largest absolute Gasteiger partial charge is 0.490 e. The number of unbranched alkanes of at least 4 members (excludes halogenated alkanes) is 2. The first-order valence-corrected chi connectivity index (χ1v) is 13.0. The van der Waals surface area contributed by atoms with Crippen molar-refractivity contribution >= 4 is 16.9 Å². The van der Waals surface area contributed by atoms with Crippen molar-refractivity contribution in [2.75, 3.05) is 0 Å². The molecule has 5 heteroatoms. The van der Waals surface area contributed by atoms with Crippen molar-refractivity contribution < 1.29 is 18.7 Å². The zero-order chi connectivity index (χ0) is 25.8. The predicted molar refractivity (Wildman–Crippen MR) is 143 cm³/mol. The van der Waals surface area contributed by atoms with Crippen LogP contribution in [0.2, 0.25) is 0 Å². The molecule has 190 valence electrons. The monoisotopic (exact) mass is 488 g/mol. The van der Waals surface area contributed by atoms with Gasteiger partial charge in [0.2, 0.25) is 0 Å². The van der Waals surface area contributed by atoms with Gasteiger partial charge in [-0.2, -0.15) is 0 Å². The minimum absolute atomic E-state index is 0.0475. The van der Waals surface area contributed by atoms with Gasteiger partial charge in [-0.1, -0.05) is 51.5 Å². The topological polar surface area (TPSA) is 65.7 Å². The van der Waals surface area contributed by atoms with Crippen LogP contribution in [0, 0.1) is 12.8 Å². The Morgan fingerprint density at radius 3 is 2.56 bits per heavy atom. The Hall–Kier alpha value is -3.34. The molecule has 3 atom stereocenters. The van der Waals surface area contributed by atoms with Crippen LogP contribution in [0.25, 0.3) is 22.1 Å². The summed E-state index contributed by atoms with van der Waals surface area (Å²) in [5, 5.41) is 0.844. The first-order valence-electron chi connectivity index (χ1n) is 13.0. The molecular formula is C31H36O5. The molecule has 0 saturated heterocycles. The summed E-state index contributed by atoms with van der Waals surface area (Å²) < 4.78 is 17.5. The van der Waals surface area contributed by atoms with Gasteiger partial charge < -0.3 is 13.9 Å². The molecule has 1 saturated carbocycles. The van der Waals surface area contributed by atoms with Gasteiger partial charge in [0.15, 0.2) is 0 Å². The van der Waals surface area contributed by atoms with Crippen molar-refractivity contribution in [1.82, 2.24) is 0 Å². The summed E-state index contributed by atoms with van der Waals surface area (Å²) in [6.45, 7) is 11.6. The Morgan fingerprint density at radius 2 is 1.83 bits per heavy atom. The minimum atomic E-state index is -0.364. The summed E-state index contributed by atoms with van der Waals surface area (Å²) in [5.74, 6) is 0.318. The third-order valence-electron chi connectivity index (χ3n) is 7.16. The van der Waals surface area contributed by atoms with Gasteiger partial charge in [-0.15, -0.1) is 0 Å². The van der Waals surface area contributed by atoms with E-state index in [1.54, 1.807) is 13.0 Å². The van der Waals surface area contributed by atoms with Crippen LogP contribution in [0.3, 0.4) is 0 Å². The molecule has 4 rings (SSSR count). The number of rotatable bonds is 9. The van der Waals surface area contributed by atoms with Gasteiger partial charge >= 0.3 is 11.6 Å². The predicted octanol–water partition coefficient (Wildman–Crippen LogP) is 7.17. The number of carbonyl (C=O) groups is 1. The van der Waals surface area contributed by atoms with Crippen LogP contribution in [0.15, 0.2) is 63.8 Å². The Bertz CT molecular complexity index is 1320. The number of aryl methyl sites for hydroxylation is 2. The quantitative estimate of drug-likeness (QED) is 0.138. The summed E-state index contributed by atoms with van der Waals surface area (Å²) in [7, 11) is 0. The van der Waals surface area contributed by atoms with E-state index in [1.165, 1.54) is 24.8 Å². The Balaban J connectivity index is 1.50. The van der Waals surface area contributed by atoms with E-state index < -0.39 is 0 Å². The van der Waals surface area contributed by atoms with E-state index in [9.17, 15) is 9.59 Å². The number of esters is 1. The molecule has 1 aromatic heterocycles. The van der Waals surface area contributed by atoms with Crippen molar-refractivity contribution in [3.05, 3.63) is 76.2 Å². The van der Waals surface area contributed by atoms with E-state index in [-0.39, 0.29) is 29.7 Å². The molecule has 0 N–H and O–H groups in total. The van der Waals surface area contributed by atoms with E-state index in [1.807, 2.05) is 38.1 Å². The number of hydrogen-bond acceptors (Lipinski definition) is 5. The van der Waals surface area contributed by atoms with Gasteiger partial charge in [0.05, 0.1) is 5.56 Å². The fourth-order valence-electron chi connectivity index (χ4n) is 4.95. The van der Waals surface area contributed by atoms with Crippen LogP contribution < -0.4 is 10.4 Å². The SMILES string of the molecule is C=C(C)C(=O)OC1CCC(Oc2ccc3cc(-c4ccc(CCCCC)cc4C)c(=O)oc3c2)C1C. The highest BCUT2D eigenvalue weighted by atomic mass is 16.5. The number of benzene rings is 2. The molecule has 0 radical (unpaired) electrons. The minimum Gasteiger partial charge on any atom is -0.490 e. The molecular weight excluding hydrogens is 452 g/mol. The molecule has 36 heavy (non-hydrogen) atoms. The third kappa shape index (κ3) is 5.72. The Kier molecular flexibility index (Phi) is 7.97. The molecule has 0 aliphatic heterocycles. The van der Waals surface area contributed by atoms with Gasteiger partial charge in [-0.25, -0.2) is 9.59 Å². The average molecular weight is 489 g/mol. The second-order valence-electron chi connectivity index (χ2n) is 10.1. The van der Waals surface area contributed by atoms with E-state index in [4.69, 9.17) is 13.9 Å². The first-order chi connectivity index (χ1) is 17.3. The summed E-state index contributed by atoms with van der Waals surface area (Å²) in [6, 6.07) is 13.8. The Morgan fingerprint density at radius 1 is 1.06 bits per heavy atom. The molecule has 3 unspecified atom stereocenters. The molecule has 3 aromatic rings. The molecule has 1 aliphatic carbocycles. The van der Waals surface area contributed by atoms with E-state index in [2.05, 4.69) is 25.6 Å². The van der Waals surface area contributed by atoms with Crippen molar-refractivity contribution in [3.63, 3.8) is 0 Å². The summed E-state index contributed by atoms with van der Waals surface area (Å²) in [4.78, 5) is 24.8. The molecule has 5 nitrogen and oxygen atoms in total. The van der Waals surface area contributed by atoms with Crippen LogP contribution in [0.1, 0.15) is 64.0 Å². The van der Waals surface area contributed by atoms with Crippen LogP contribution in [-0.2, 0) is 16.0 Å². The molecule has 1 aliphatic rings. The second kappa shape index (κ2) is 11.2. The van der Waals surface area contributed by atoms with Gasteiger partial charge in [0, 0.05) is 22.9 Å². The molecule has 1 fully saturated rings. The normalized spacial score (nSPS) is 19.4. The standard InChI is InChI=1S/C31H36O5/c1-6-7-8-9-22-10-13-25(20(4)16-22)26-17-23-11-12-24(18-29(23)36-31(26)33)34-27-14-15-28(21(27)5)35-30(32)19(2)3/h10-13,16-18,21,27-28H,2,6-9,14-15H2,1,3-5H3. The summed E-state index contributed by atoms with van der Waals surface area (Å²) >= 11 is 0. The lowest BCUT2D eigenvalue weighted by Crippen LogP contribution is -2.28. The van der Waals surface area contributed by atoms with Gasteiger partial charge in [-0.3, -0.25) is 0 Å². The fourth-order valence-corrected chi connectivity index (χ4v) is 4.95. The number of carbonyl (C=O) groups excluding carboxylic acids is 1. The number of fused-ring (bicyclic) bond motifs is 1. The van der Waals surface area contributed by atoms with Crippen molar-refractivity contribution in [1.29, 1.82) is 0 Å². The van der Waals surface area contributed by atoms with Gasteiger partial charge in [0.25, 0.3) is 0 Å². The maximum Gasteiger partial charge on any atom is 0.344 e. The molecule has 1 heterocycles. The summed E-state index contributed by atoms with van der Waals surface area (Å²) in [5.41, 5.74) is 4.38. The molecule has 2 aromatic carbocycles. The van der Waals surface area contributed by atoms with E-state index >= 15 is 0 Å². The Labute approximate surface area is 213 Å². The summed E-state index contributed by atoms with van der Waals surface area (Å²) in [6.07, 6.45) is 5.91. The molecule has 0 bridgehead atoms. The first kappa shape index (κ1) is 25.7. The van der Waals surface area contributed by atoms with E-state index in [0.29, 0.717) is 22.5 Å². The highest BCUT2D eigenvalue weighted by molar-refractivity contribution is 5.87. The van der Waals surface area contributed by atoms with Crippen molar-refractivity contribution in [2.45, 2.75) is 78.4 Å². The maximum absolute atomic E-state index is 12.9. The number of ether oxygens (including phenoxy) is 2. The highest BCUT2D eigenvalue weighted by Crippen LogP contribution is 2.34. The van der Waals surface area contributed by atoms with Gasteiger partial charge in [0.1, 0.15) is 23.5 Å². The smallest absolute Gasteiger partial charge is 0.344 e. The van der Waals surface area contributed by atoms with Crippen molar-refractivity contribution in [3.8, 4) is 16.9 Å². The van der Waals surface area contributed by atoms with E-state index in [0.717, 1.165) is 35.8 Å². The van der Waals surface area contributed by atoms with Crippen LogP contribution >= 0.6 is 0 Å². The zero-order valence-corrected chi connectivity index (χ0v) is 21.8. The van der Waals surface area contributed by atoms with Crippen LogP contribution in [0.5, 0.6) is 5.75 Å².